The van der Waals surface area contributed by atoms with Gasteiger partial charge in [0.25, 0.3) is 0 Å². The number of likely N-dealkylation sites (tertiary alicyclic amines) is 1. The number of benzene rings is 1. The van der Waals surface area contributed by atoms with Crippen LogP contribution in [0.4, 0.5) is 18.0 Å². The van der Waals surface area contributed by atoms with Gasteiger partial charge in [-0.1, -0.05) is 42.5 Å². The summed E-state index contributed by atoms with van der Waals surface area (Å²) < 4.78 is 52.5. The standard InChI is InChI=1S/C19H22F3NO3/c1-16(2,3)26-15(24)23-13-18(19(20,21)22,12-17(23)9-10-17)25-11-14-7-5-4-6-8-14/h4-10H,11-13H2,1-3H3/t18-/m0/s1. The van der Waals surface area contributed by atoms with Crippen LogP contribution in [0.1, 0.15) is 32.8 Å². The van der Waals surface area contributed by atoms with Gasteiger partial charge in [-0.05, 0) is 26.3 Å². The molecule has 1 aliphatic heterocycles. The van der Waals surface area contributed by atoms with Gasteiger partial charge >= 0.3 is 12.3 Å². The van der Waals surface area contributed by atoms with Gasteiger partial charge < -0.3 is 9.47 Å². The molecule has 4 nitrogen and oxygen atoms in total. The van der Waals surface area contributed by atoms with Gasteiger partial charge in [-0.3, -0.25) is 4.90 Å². The SMILES string of the molecule is CC(C)(C)OC(=O)N1C[C@](OCc2ccccc2)(C(F)(F)F)CC12C=C2. The monoisotopic (exact) mass is 369 g/mol. The summed E-state index contributed by atoms with van der Waals surface area (Å²) in [5, 5.41) is 0. The van der Waals surface area contributed by atoms with Gasteiger partial charge in [-0.25, -0.2) is 4.79 Å². The molecular formula is C19H22F3NO3. The van der Waals surface area contributed by atoms with E-state index in [1.165, 1.54) is 0 Å². The Hall–Kier alpha value is -2.02. The fourth-order valence-electron chi connectivity index (χ4n) is 3.12. The van der Waals surface area contributed by atoms with Crippen LogP contribution in [0.25, 0.3) is 0 Å². The Morgan fingerprint density at radius 2 is 1.77 bits per heavy atom. The minimum absolute atomic E-state index is 0.182. The third kappa shape index (κ3) is 3.58. The second kappa shape index (κ2) is 6.01. The molecule has 7 heteroatoms. The first-order valence-electron chi connectivity index (χ1n) is 8.42. The number of alkyl halides is 3. The molecule has 1 aliphatic carbocycles. The molecule has 0 unspecified atom stereocenters. The van der Waals surface area contributed by atoms with Crippen LogP contribution in [0.15, 0.2) is 42.5 Å². The molecule has 1 fully saturated rings. The summed E-state index contributed by atoms with van der Waals surface area (Å²) in [5.41, 5.74) is -3.62. The van der Waals surface area contributed by atoms with Gasteiger partial charge in [0.15, 0.2) is 5.60 Å². The van der Waals surface area contributed by atoms with E-state index in [1.807, 2.05) is 0 Å². The average molecular weight is 369 g/mol. The van der Waals surface area contributed by atoms with Crippen molar-refractivity contribution < 1.29 is 27.4 Å². The van der Waals surface area contributed by atoms with E-state index in [0.717, 1.165) is 4.90 Å². The molecule has 142 valence electrons. The third-order valence-corrected chi connectivity index (χ3v) is 4.52. The first kappa shape index (κ1) is 18.8. The van der Waals surface area contributed by atoms with E-state index in [-0.39, 0.29) is 13.0 Å². The summed E-state index contributed by atoms with van der Waals surface area (Å²) in [6.07, 6.45) is -2.55. The first-order valence-corrected chi connectivity index (χ1v) is 8.42. The number of hydrogen-bond acceptors (Lipinski definition) is 3. The molecule has 3 rings (SSSR count). The van der Waals surface area contributed by atoms with Crippen molar-refractivity contribution in [1.29, 1.82) is 0 Å². The van der Waals surface area contributed by atoms with E-state index in [2.05, 4.69) is 0 Å². The summed E-state index contributed by atoms with van der Waals surface area (Å²) in [6, 6.07) is 8.67. The summed E-state index contributed by atoms with van der Waals surface area (Å²) >= 11 is 0. The van der Waals surface area contributed by atoms with Crippen molar-refractivity contribution in [3.8, 4) is 0 Å². The maximum absolute atomic E-state index is 13.9. The van der Waals surface area contributed by atoms with E-state index < -0.39 is 35.6 Å². The van der Waals surface area contributed by atoms with Crippen molar-refractivity contribution in [2.45, 2.75) is 56.7 Å². The van der Waals surface area contributed by atoms with Crippen molar-refractivity contribution in [1.82, 2.24) is 4.90 Å². The zero-order valence-electron chi connectivity index (χ0n) is 15.0. The number of ether oxygens (including phenoxy) is 2. The van der Waals surface area contributed by atoms with Crippen LogP contribution in [0.5, 0.6) is 0 Å². The number of carbonyl (C=O) groups excluding carboxylic acids is 1. The van der Waals surface area contributed by atoms with Crippen LogP contribution in [0.2, 0.25) is 0 Å². The van der Waals surface area contributed by atoms with Gasteiger partial charge in [0.1, 0.15) is 5.60 Å². The Labute approximate surface area is 150 Å². The highest BCUT2D eigenvalue weighted by Crippen LogP contribution is 2.53. The lowest BCUT2D eigenvalue weighted by atomic mass is 9.97. The molecule has 0 aromatic heterocycles. The molecule has 0 bridgehead atoms. The lowest BCUT2D eigenvalue weighted by Crippen LogP contribution is -2.50. The smallest absolute Gasteiger partial charge is 0.419 e. The number of rotatable bonds is 3. The highest BCUT2D eigenvalue weighted by molar-refractivity contribution is 5.73. The van der Waals surface area contributed by atoms with Gasteiger partial charge in [0.2, 0.25) is 0 Å². The molecule has 1 aromatic carbocycles. The molecule has 0 N–H and O–H groups in total. The maximum Gasteiger partial charge on any atom is 0.419 e. The largest absolute Gasteiger partial charge is 0.444 e. The highest BCUT2D eigenvalue weighted by atomic mass is 19.4. The fourth-order valence-corrected chi connectivity index (χ4v) is 3.12. The van der Waals surface area contributed by atoms with Gasteiger partial charge in [-0.15, -0.1) is 0 Å². The molecule has 1 spiro atoms. The number of hydrogen-bond donors (Lipinski definition) is 0. The van der Waals surface area contributed by atoms with E-state index in [9.17, 15) is 18.0 Å². The maximum atomic E-state index is 13.9. The second-order valence-electron chi connectivity index (χ2n) is 7.83. The molecule has 1 heterocycles. The van der Waals surface area contributed by atoms with E-state index in [1.54, 1.807) is 63.3 Å². The Morgan fingerprint density at radius 1 is 1.15 bits per heavy atom. The van der Waals surface area contributed by atoms with Gasteiger partial charge in [-0.2, -0.15) is 13.2 Å². The Balaban J connectivity index is 1.82. The molecule has 0 radical (unpaired) electrons. The summed E-state index contributed by atoms with van der Waals surface area (Å²) in [4.78, 5) is 13.6. The highest BCUT2D eigenvalue weighted by Gasteiger charge is 2.69. The minimum Gasteiger partial charge on any atom is -0.444 e. The van der Waals surface area contributed by atoms with Crippen molar-refractivity contribution in [3.05, 3.63) is 48.0 Å². The van der Waals surface area contributed by atoms with Crippen LogP contribution >= 0.6 is 0 Å². The fraction of sp³-hybridized carbons (Fsp3) is 0.526. The van der Waals surface area contributed by atoms with E-state index >= 15 is 0 Å². The van der Waals surface area contributed by atoms with Crippen LogP contribution in [-0.2, 0) is 16.1 Å². The zero-order chi connectivity index (χ0) is 19.2. The Kier molecular flexibility index (Phi) is 4.34. The molecule has 1 saturated heterocycles. The second-order valence-corrected chi connectivity index (χ2v) is 7.83. The van der Waals surface area contributed by atoms with Gasteiger partial charge in [0.05, 0.1) is 18.7 Å². The molecule has 1 amide bonds. The number of nitrogens with zero attached hydrogens (tertiary/aromatic N) is 1. The summed E-state index contributed by atoms with van der Waals surface area (Å²) in [5.74, 6) is 0. The number of halogens is 3. The predicted molar refractivity (Wildman–Crippen MR) is 89.4 cm³/mol. The van der Waals surface area contributed by atoms with E-state index in [0.29, 0.717) is 5.56 Å². The van der Waals surface area contributed by atoms with Crippen molar-refractivity contribution in [2.75, 3.05) is 6.54 Å². The number of carbonyl (C=O) groups is 1. The topological polar surface area (TPSA) is 38.8 Å². The van der Waals surface area contributed by atoms with Crippen LogP contribution < -0.4 is 0 Å². The van der Waals surface area contributed by atoms with Crippen LogP contribution in [-0.4, -0.2) is 40.5 Å². The summed E-state index contributed by atoms with van der Waals surface area (Å²) in [7, 11) is 0. The molecule has 0 saturated carbocycles. The van der Waals surface area contributed by atoms with Crippen LogP contribution in [0, 0.1) is 0 Å². The van der Waals surface area contributed by atoms with Gasteiger partial charge in [0, 0.05) is 6.42 Å². The zero-order valence-corrected chi connectivity index (χ0v) is 15.0. The normalized spacial score (nSPS) is 24.2. The van der Waals surface area contributed by atoms with Crippen molar-refractivity contribution >= 4 is 6.09 Å². The summed E-state index contributed by atoms with van der Waals surface area (Å²) in [6.45, 7) is 4.26. The minimum atomic E-state index is -4.62. The first-order chi connectivity index (χ1) is 12.0. The lowest BCUT2D eigenvalue weighted by molar-refractivity contribution is -0.276. The predicted octanol–water partition coefficient (Wildman–Crippen LogP) is 4.45. The average Bonchev–Trinajstić information content (AvgIpc) is 3.18. The molecule has 1 aromatic rings. The Morgan fingerprint density at radius 3 is 2.27 bits per heavy atom. The third-order valence-electron chi connectivity index (χ3n) is 4.52. The Bertz CT molecular complexity index is 703. The molecule has 2 aliphatic rings. The molecular weight excluding hydrogens is 347 g/mol. The quantitative estimate of drug-likeness (QED) is 0.739. The van der Waals surface area contributed by atoms with Crippen molar-refractivity contribution in [2.24, 2.45) is 0 Å². The molecule has 26 heavy (non-hydrogen) atoms. The molecule has 1 atom stereocenters. The lowest BCUT2D eigenvalue weighted by Gasteiger charge is -2.32. The number of amides is 1. The van der Waals surface area contributed by atoms with E-state index in [4.69, 9.17) is 9.47 Å². The van der Waals surface area contributed by atoms with Crippen molar-refractivity contribution in [3.63, 3.8) is 0 Å². The van der Waals surface area contributed by atoms with Crippen LogP contribution in [0.3, 0.4) is 0 Å².